The summed E-state index contributed by atoms with van der Waals surface area (Å²) in [6.45, 7) is 10.6. The number of carbonyl (C=O) groups is 1. The van der Waals surface area contributed by atoms with Crippen LogP contribution in [-0.4, -0.2) is 23.5 Å². The number of nitrogens with zero attached hydrogens (tertiary/aromatic N) is 2. The molecule has 0 radical (unpaired) electrons. The number of anilines is 1. The summed E-state index contributed by atoms with van der Waals surface area (Å²) >= 11 is 0. The summed E-state index contributed by atoms with van der Waals surface area (Å²) in [6, 6.07) is 3.39. The van der Waals surface area contributed by atoms with E-state index in [9.17, 15) is 4.79 Å². The van der Waals surface area contributed by atoms with Crippen LogP contribution in [0.3, 0.4) is 0 Å². The van der Waals surface area contributed by atoms with Crippen LogP contribution in [0.25, 0.3) is 0 Å². The zero-order valence-corrected chi connectivity index (χ0v) is 12.8. The molecule has 0 aromatic carbocycles. The van der Waals surface area contributed by atoms with Crippen molar-refractivity contribution >= 4 is 11.6 Å². The summed E-state index contributed by atoms with van der Waals surface area (Å²) in [7, 11) is 0. The molecule has 0 aliphatic rings. The van der Waals surface area contributed by atoms with Crippen LogP contribution < -0.4 is 10.6 Å². The van der Waals surface area contributed by atoms with Gasteiger partial charge in [0.1, 0.15) is 0 Å². The molecule has 19 heavy (non-hydrogen) atoms. The number of hydrogen-bond acceptors (Lipinski definition) is 3. The molecule has 0 bridgehead atoms. The van der Waals surface area contributed by atoms with Crippen molar-refractivity contribution in [2.75, 3.05) is 11.4 Å². The lowest BCUT2D eigenvalue weighted by Gasteiger charge is -2.24. The van der Waals surface area contributed by atoms with Crippen LogP contribution in [0.4, 0.5) is 5.69 Å². The Hall–Kier alpha value is -1.42. The standard InChI is InChI=1S/C13H21N3O.C2H6/c1-4-8-16(13(17)12(14)5-2)11-7-6-10(3)15-9-11;1-2/h6-7,9,12H,4-5,8,14H2,1-3H3;1-2H3. The number of pyridine rings is 1. The average molecular weight is 265 g/mol. The minimum Gasteiger partial charge on any atom is -0.320 e. The number of rotatable bonds is 5. The maximum atomic E-state index is 12.1. The zero-order valence-electron chi connectivity index (χ0n) is 12.8. The van der Waals surface area contributed by atoms with E-state index in [1.165, 1.54) is 0 Å². The van der Waals surface area contributed by atoms with Gasteiger partial charge in [-0.15, -0.1) is 0 Å². The van der Waals surface area contributed by atoms with Crippen LogP contribution in [0.5, 0.6) is 0 Å². The first-order chi connectivity index (χ1) is 9.10. The van der Waals surface area contributed by atoms with Crippen LogP contribution in [0.1, 0.15) is 46.2 Å². The molecule has 4 heteroatoms. The van der Waals surface area contributed by atoms with Gasteiger partial charge >= 0.3 is 0 Å². The van der Waals surface area contributed by atoms with Gasteiger partial charge in [0.15, 0.2) is 0 Å². The van der Waals surface area contributed by atoms with Crippen LogP contribution >= 0.6 is 0 Å². The predicted octanol–water partition coefficient (Wildman–Crippen LogP) is 2.90. The number of aromatic nitrogens is 1. The van der Waals surface area contributed by atoms with Crippen molar-refractivity contribution < 1.29 is 4.79 Å². The topological polar surface area (TPSA) is 59.2 Å². The number of amides is 1. The molecular formula is C15H27N3O. The van der Waals surface area contributed by atoms with E-state index in [0.717, 1.165) is 17.8 Å². The Bertz CT molecular complexity index is 362. The number of nitrogens with two attached hydrogens (primary N) is 1. The summed E-state index contributed by atoms with van der Waals surface area (Å²) in [5.74, 6) is -0.0278. The van der Waals surface area contributed by atoms with Gasteiger partial charge in [0.25, 0.3) is 0 Å². The number of carbonyl (C=O) groups excluding carboxylic acids is 1. The molecule has 1 rings (SSSR count). The first-order valence-electron chi connectivity index (χ1n) is 7.09. The highest BCUT2D eigenvalue weighted by molar-refractivity contribution is 5.96. The SMILES string of the molecule is CC.CCCN(C(=O)C(N)CC)c1ccc(C)nc1. The van der Waals surface area contributed by atoms with E-state index in [2.05, 4.69) is 4.98 Å². The van der Waals surface area contributed by atoms with Crippen LogP contribution in [-0.2, 0) is 4.79 Å². The lowest BCUT2D eigenvalue weighted by Crippen LogP contribution is -2.44. The van der Waals surface area contributed by atoms with E-state index >= 15 is 0 Å². The molecule has 1 unspecified atom stereocenters. The Morgan fingerprint density at radius 2 is 2.00 bits per heavy atom. The van der Waals surface area contributed by atoms with Crippen molar-refractivity contribution in [1.29, 1.82) is 0 Å². The molecule has 0 fully saturated rings. The maximum absolute atomic E-state index is 12.1. The van der Waals surface area contributed by atoms with E-state index in [1.807, 2.05) is 46.8 Å². The fourth-order valence-electron chi connectivity index (χ4n) is 1.58. The van der Waals surface area contributed by atoms with E-state index < -0.39 is 6.04 Å². The highest BCUT2D eigenvalue weighted by Crippen LogP contribution is 2.15. The largest absolute Gasteiger partial charge is 0.320 e. The van der Waals surface area contributed by atoms with Gasteiger partial charge < -0.3 is 10.6 Å². The van der Waals surface area contributed by atoms with E-state index in [1.54, 1.807) is 11.1 Å². The summed E-state index contributed by atoms with van der Waals surface area (Å²) in [5, 5.41) is 0. The molecule has 0 aliphatic carbocycles. The van der Waals surface area contributed by atoms with E-state index in [-0.39, 0.29) is 5.91 Å². The van der Waals surface area contributed by atoms with Gasteiger partial charge in [-0.3, -0.25) is 9.78 Å². The minimum atomic E-state index is -0.428. The van der Waals surface area contributed by atoms with Gasteiger partial charge in [-0.25, -0.2) is 0 Å². The molecule has 0 aliphatic heterocycles. The van der Waals surface area contributed by atoms with Crippen molar-refractivity contribution in [3.63, 3.8) is 0 Å². The maximum Gasteiger partial charge on any atom is 0.243 e. The van der Waals surface area contributed by atoms with Crippen molar-refractivity contribution in [2.45, 2.75) is 53.5 Å². The molecule has 4 nitrogen and oxygen atoms in total. The van der Waals surface area contributed by atoms with E-state index in [4.69, 9.17) is 5.73 Å². The summed E-state index contributed by atoms with van der Waals surface area (Å²) in [5.41, 5.74) is 7.57. The molecule has 1 aromatic rings. The molecular weight excluding hydrogens is 238 g/mol. The second-order valence-electron chi connectivity index (χ2n) is 4.16. The summed E-state index contributed by atoms with van der Waals surface area (Å²) < 4.78 is 0. The van der Waals surface area contributed by atoms with Crippen LogP contribution in [0, 0.1) is 6.92 Å². The quantitative estimate of drug-likeness (QED) is 0.890. The van der Waals surface area contributed by atoms with Crippen molar-refractivity contribution in [1.82, 2.24) is 4.98 Å². The first-order valence-corrected chi connectivity index (χ1v) is 7.09. The highest BCUT2D eigenvalue weighted by Gasteiger charge is 2.20. The fourth-order valence-corrected chi connectivity index (χ4v) is 1.58. The Kier molecular flexibility index (Phi) is 8.79. The van der Waals surface area contributed by atoms with Gasteiger partial charge in [-0.2, -0.15) is 0 Å². The van der Waals surface area contributed by atoms with Crippen molar-refractivity contribution in [2.24, 2.45) is 5.73 Å². The molecule has 2 N–H and O–H groups in total. The molecule has 1 amide bonds. The molecule has 1 aromatic heterocycles. The van der Waals surface area contributed by atoms with Crippen molar-refractivity contribution in [3.8, 4) is 0 Å². The first kappa shape index (κ1) is 17.6. The molecule has 0 saturated heterocycles. The molecule has 108 valence electrons. The fraction of sp³-hybridized carbons (Fsp3) is 0.600. The van der Waals surface area contributed by atoms with Crippen LogP contribution in [0.2, 0.25) is 0 Å². The second kappa shape index (κ2) is 9.50. The zero-order chi connectivity index (χ0) is 14.8. The monoisotopic (exact) mass is 265 g/mol. The Balaban J connectivity index is 0.00000154. The number of aryl methyl sites for hydroxylation is 1. The normalized spacial score (nSPS) is 11.3. The summed E-state index contributed by atoms with van der Waals surface area (Å²) in [6.07, 6.45) is 3.28. The van der Waals surface area contributed by atoms with Gasteiger partial charge in [0.2, 0.25) is 5.91 Å². The molecule has 1 atom stereocenters. The lowest BCUT2D eigenvalue weighted by atomic mass is 10.2. The van der Waals surface area contributed by atoms with Gasteiger partial charge in [0, 0.05) is 12.2 Å². The third kappa shape index (κ3) is 5.39. The minimum absolute atomic E-state index is 0.0278. The van der Waals surface area contributed by atoms with Gasteiger partial charge in [0.05, 0.1) is 17.9 Å². The van der Waals surface area contributed by atoms with Crippen molar-refractivity contribution in [3.05, 3.63) is 24.0 Å². The summed E-state index contributed by atoms with van der Waals surface area (Å²) in [4.78, 5) is 18.1. The predicted molar refractivity (Wildman–Crippen MR) is 81.2 cm³/mol. The Morgan fingerprint density at radius 1 is 1.37 bits per heavy atom. The third-order valence-corrected chi connectivity index (χ3v) is 2.68. The van der Waals surface area contributed by atoms with E-state index in [0.29, 0.717) is 13.0 Å². The Morgan fingerprint density at radius 3 is 2.42 bits per heavy atom. The smallest absolute Gasteiger partial charge is 0.243 e. The number of hydrogen-bond donors (Lipinski definition) is 1. The highest BCUT2D eigenvalue weighted by atomic mass is 16.2. The molecule has 0 saturated carbocycles. The molecule has 1 heterocycles. The molecule has 0 spiro atoms. The Labute approximate surface area is 117 Å². The van der Waals surface area contributed by atoms with Crippen LogP contribution in [0.15, 0.2) is 18.3 Å². The van der Waals surface area contributed by atoms with Gasteiger partial charge in [-0.05, 0) is 31.9 Å². The third-order valence-electron chi connectivity index (χ3n) is 2.68. The second-order valence-corrected chi connectivity index (χ2v) is 4.16. The van der Waals surface area contributed by atoms with Gasteiger partial charge in [-0.1, -0.05) is 27.7 Å². The average Bonchev–Trinajstić information content (AvgIpc) is 2.46. The lowest BCUT2D eigenvalue weighted by molar-refractivity contribution is -0.119.